The molecule has 5 aromatic heterocycles. The summed E-state index contributed by atoms with van der Waals surface area (Å²) in [6.07, 6.45) is 11.1. The average molecular weight is 715 g/mol. The molecule has 264 valence electrons. The van der Waals surface area contributed by atoms with Crippen LogP contribution in [0, 0.1) is 0 Å². The number of methoxy groups -OCH3 is 2. The molecular weight excluding hydrogens is 677 g/mol. The van der Waals surface area contributed by atoms with E-state index < -0.39 is 11.3 Å². The quantitative estimate of drug-likeness (QED) is 0.107. The minimum atomic E-state index is -0.462. The van der Waals surface area contributed by atoms with Crippen LogP contribution in [0.1, 0.15) is 39.5 Å². The molecule has 0 fully saturated rings. The van der Waals surface area contributed by atoms with Crippen LogP contribution in [0.4, 0.5) is 5.69 Å². The van der Waals surface area contributed by atoms with Crippen molar-refractivity contribution >= 4 is 39.0 Å². The maximum atomic E-state index is 13.2. The Morgan fingerprint density at radius 3 is 2.13 bits per heavy atom. The van der Waals surface area contributed by atoms with Crippen molar-refractivity contribution in [2.75, 3.05) is 32.2 Å². The summed E-state index contributed by atoms with van der Waals surface area (Å²) in [5.41, 5.74) is 4.48. The van der Waals surface area contributed by atoms with E-state index in [1.165, 1.54) is 11.3 Å². The van der Waals surface area contributed by atoms with E-state index in [9.17, 15) is 9.59 Å². The van der Waals surface area contributed by atoms with Gasteiger partial charge in [0.15, 0.2) is 0 Å². The first-order valence-corrected chi connectivity index (χ1v) is 18.1. The van der Waals surface area contributed by atoms with E-state index in [4.69, 9.17) is 18.3 Å². The van der Waals surface area contributed by atoms with Crippen LogP contribution in [0.5, 0.6) is 11.5 Å². The molecule has 7 rings (SSSR count). The van der Waals surface area contributed by atoms with Gasteiger partial charge in [-0.2, -0.15) is 0 Å². The minimum absolute atomic E-state index is 0.348. The van der Waals surface area contributed by atoms with Gasteiger partial charge in [-0.1, -0.05) is 26.7 Å². The maximum absolute atomic E-state index is 13.2. The molecule has 10 nitrogen and oxygen atoms in total. The lowest BCUT2D eigenvalue weighted by Crippen LogP contribution is -2.25. The predicted octanol–water partition coefficient (Wildman–Crippen LogP) is 9.24. The van der Waals surface area contributed by atoms with Crippen LogP contribution in [0.2, 0.25) is 0 Å². The average Bonchev–Trinajstić information content (AvgIpc) is 3.67. The van der Waals surface area contributed by atoms with Crippen molar-refractivity contribution in [1.82, 2.24) is 15.0 Å². The summed E-state index contributed by atoms with van der Waals surface area (Å²) < 4.78 is 22.3. The highest BCUT2D eigenvalue weighted by molar-refractivity contribution is 7.18. The Bertz CT molecular complexity index is 2480. The van der Waals surface area contributed by atoms with E-state index in [1.54, 1.807) is 57.2 Å². The first-order chi connectivity index (χ1) is 25.4. The van der Waals surface area contributed by atoms with Gasteiger partial charge < -0.3 is 23.2 Å². The standard InChI is InChI=1S/C41H38N4O6S/c1-5-7-13-45(14-8-6-2)28-10-9-25-16-30(40(46)50-35(25)17-28)34-24-43-33(23-44-34)26-15-27(22-42-21-26)38-11-12-39(52-38)32-20-31-36(49-4)18-29(48-3)19-37(31)51-41(32)47/h9-12,15-24H,5-8,13-14H2,1-4H3. The van der Waals surface area contributed by atoms with Crippen molar-refractivity contribution in [3.63, 3.8) is 0 Å². The Morgan fingerprint density at radius 2 is 1.40 bits per heavy atom. The first kappa shape index (κ1) is 34.6. The number of hydrogen-bond acceptors (Lipinski definition) is 11. The van der Waals surface area contributed by atoms with E-state index in [2.05, 4.69) is 39.8 Å². The van der Waals surface area contributed by atoms with Crippen LogP contribution in [0.15, 0.2) is 104 Å². The third-order valence-corrected chi connectivity index (χ3v) is 10.2. The number of rotatable bonds is 13. The molecule has 11 heteroatoms. The number of hydrogen-bond donors (Lipinski definition) is 0. The minimum Gasteiger partial charge on any atom is -0.496 e. The number of ether oxygens (including phenoxy) is 2. The van der Waals surface area contributed by atoms with Crippen LogP contribution in [-0.2, 0) is 0 Å². The maximum Gasteiger partial charge on any atom is 0.345 e. The van der Waals surface area contributed by atoms with Gasteiger partial charge in [0.05, 0.1) is 54.5 Å². The van der Waals surface area contributed by atoms with Crippen molar-refractivity contribution in [2.45, 2.75) is 39.5 Å². The van der Waals surface area contributed by atoms with Crippen molar-refractivity contribution < 1.29 is 18.3 Å². The molecule has 0 aliphatic heterocycles. The predicted molar refractivity (Wildman–Crippen MR) is 207 cm³/mol. The summed E-state index contributed by atoms with van der Waals surface area (Å²) in [6.45, 7) is 6.32. The summed E-state index contributed by atoms with van der Waals surface area (Å²) in [5, 5.41) is 1.49. The van der Waals surface area contributed by atoms with Gasteiger partial charge in [-0.05, 0) is 55.3 Å². The largest absolute Gasteiger partial charge is 0.496 e. The van der Waals surface area contributed by atoms with Gasteiger partial charge in [0.2, 0.25) is 0 Å². The van der Waals surface area contributed by atoms with E-state index in [0.29, 0.717) is 50.6 Å². The van der Waals surface area contributed by atoms with E-state index in [1.807, 2.05) is 36.4 Å². The van der Waals surface area contributed by atoms with Gasteiger partial charge in [-0.25, -0.2) is 9.59 Å². The second kappa shape index (κ2) is 15.2. The Kier molecular flexibility index (Phi) is 10.1. The molecule has 0 aliphatic rings. The van der Waals surface area contributed by atoms with Crippen molar-refractivity contribution in [2.24, 2.45) is 0 Å². The first-order valence-electron chi connectivity index (χ1n) is 17.3. The van der Waals surface area contributed by atoms with Gasteiger partial charge in [0, 0.05) is 75.6 Å². The molecule has 0 bridgehead atoms. The van der Waals surface area contributed by atoms with Gasteiger partial charge in [-0.15, -0.1) is 11.3 Å². The van der Waals surface area contributed by atoms with Crippen LogP contribution >= 0.6 is 11.3 Å². The lowest BCUT2D eigenvalue weighted by molar-refractivity contribution is 0.396. The fraction of sp³-hybridized carbons (Fsp3) is 0.244. The van der Waals surface area contributed by atoms with E-state index in [-0.39, 0.29) is 0 Å². The summed E-state index contributed by atoms with van der Waals surface area (Å²) >= 11 is 1.45. The summed E-state index contributed by atoms with van der Waals surface area (Å²) in [5.74, 6) is 1.08. The monoisotopic (exact) mass is 714 g/mol. The van der Waals surface area contributed by atoms with Gasteiger partial charge in [-0.3, -0.25) is 15.0 Å². The van der Waals surface area contributed by atoms with Gasteiger partial charge in [0.1, 0.15) is 22.7 Å². The Hall–Kier alpha value is -5.81. The second-order valence-corrected chi connectivity index (χ2v) is 13.5. The zero-order valence-corrected chi connectivity index (χ0v) is 30.3. The summed E-state index contributed by atoms with van der Waals surface area (Å²) in [4.78, 5) is 43.9. The molecule has 0 radical (unpaired) electrons. The molecule has 0 saturated heterocycles. The Labute approximate surface area is 304 Å². The molecular formula is C41H38N4O6S. The van der Waals surface area contributed by atoms with E-state index in [0.717, 1.165) is 70.7 Å². The molecule has 0 aliphatic carbocycles. The molecule has 0 N–H and O–H groups in total. The number of nitrogens with zero attached hydrogens (tertiary/aromatic N) is 4. The smallest absolute Gasteiger partial charge is 0.345 e. The van der Waals surface area contributed by atoms with Crippen LogP contribution in [-0.4, -0.2) is 42.3 Å². The molecule has 0 amide bonds. The van der Waals surface area contributed by atoms with Crippen molar-refractivity contribution in [3.8, 4) is 54.9 Å². The number of pyridine rings is 1. The lowest BCUT2D eigenvalue weighted by Gasteiger charge is -2.24. The number of benzene rings is 2. The van der Waals surface area contributed by atoms with Crippen LogP contribution < -0.4 is 25.6 Å². The topological polar surface area (TPSA) is 121 Å². The number of fused-ring (bicyclic) bond motifs is 2. The highest BCUT2D eigenvalue weighted by Crippen LogP contribution is 2.37. The fourth-order valence-corrected chi connectivity index (χ4v) is 7.12. The highest BCUT2D eigenvalue weighted by atomic mass is 32.1. The third-order valence-electron chi connectivity index (χ3n) is 9.01. The number of aromatic nitrogens is 3. The fourth-order valence-electron chi connectivity index (χ4n) is 6.13. The summed E-state index contributed by atoms with van der Waals surface area (Å²) in [6, 6.07) is 18.9. The van der Waals surface area contributed by atoms with E-state index >= 15 is 0 Å². The number of anilines is 1. The van der Waals surface area contributed by atoms with Crippen LogP contribution in [0.25, 0.3) is 65.3 Å². The molecule has 0 atom stereocenters. The van der Waals surface area contributed by atoms with Crippen LogP contribution in [0.3, 0.4) is 0 Å². The molecule has 7 aromatic rings. The molecule has 52 heavy (non-hydrogen) atoms. The number of thiophene rings is 1. The number of unbranched alkanes of at least 4 members (excludes halogenated alkanes) is 2. The molecule has 0 spiro atoms. The van der Waals surface area contributed by atoms with Gasteiger partial charge in [0.25, 0.3) is 0 Å². The highest BCUT2D eigenvalue weighted by Gasteiger charge is 2.17. The SMILES string of the molecule is CCCCN(CCCC)c1ccc2cc(-c3cnc(-c4cncc(-c5ccc(-c6cc7c(OC)cc(OC)cc7oc6=O)s5)c4)cn3)c(=O)oc2c1. The zero-order valence-electron chi connectivity index (χ0n) is 29.5. The molecule has 5 heterocycles. The van der Waals surface area contributed by atoms with Crippen molar-refractivity contribution in [1.29, 1.82) is 0 Å². The molecule has 0 unspecified atom stereocenters. The lowest BCUT2D eigenvalue weighted by atomic mass is 10.1. The second-order valence-electron chi connectivity index (χ2n) is 12.5. The normalized spacial score (nSPS) is 11.3. The van der Waals surface area contributed by atoms with Crippen molar-refractivity contribution in [3.05, 3.63) is 106 Å². The molecule has 2 aromatic carbocycles. The summed E-state index contributed by atoms with van der Waals surface area (Å²) in [7, 11) is 3.11. The van der Waals surface area contributed by atoms with Gasteiger partial charge >= 0.3 is 11.3 Å². The Morgan fingerprint density at radius 1 is 0.692 bits per heavy atom. The third kappa shape index (κ3) is 7.04. The zero-order chi connectivity index (χ0) is 36.2. The molecule has 0 saturated carbocycles. The Balaban J connectivity index is 1.13.